The minimum absolute atomic E-state index is 0.652. The summed E-state index contributed by atoms with van der Waals surface area (Å²) >= 11 is 3.30. The van der Waals surface area contributed by atoms with Gasteiger partial charge in [0.15, 0.2) is 0 Å². The van der Waals surface area contributed by atoms with Crippen molar-refractivity contribution in [3.8, 4) is 0 Å². The molecule has 1 aliphatic heterocycles. The molecule has 1 rings (SSSR count). The minimum Gasteiger partial charge on any atom is -0.381 e. The molecule has 10 heavy (non-hydrogen) atoms. The van der Waals surface area contributed by atoms with Gasteiger partial charge in [-0.2, -0.15) is 0 Å². The van der Waals surface area contributed by atoms with Gasteiger partial charge in [0.2, 0.25) is 0 Å². The number of alkyl halides is 1. The summed E-state index contributed by atoms with van der Waals surface area (Å²) < 4.78 is 10.5. The van der Waals surface area contributed by atoms with Crippen LogP contribution in [0.1, 0.15) is 6.42 Å². The van der Waals surface area contributed by atoms with Gasteiger partial charge in [-0.15, -0.1) is 0 Å². The van der Waals surface area contributed by atoms with Gasteiger partial charge in [0.1, 0.15) is 0 Å². The second-order valence-electron chi connectivity index (χ2n) is 2.49. The number of ether oxygens (including phenoxy) is 2. The molecule has 0 aromatic rings. The second kappa shape index (κ2) is 5.10. The minimum atomic E-state index is 0.652. The average molecular weight is 209 g/mol. The van der Waals surface area contributed by atoms with E-state index in [9.17, 15) is 0 Å². The van der Waals surface area contributed by atoms with Crippen LogP contribution in [-0.2, 0) is 9.47 Å². The molecule has 2 nitrogen and oxygen atoms in total. The van der Waals surface area contributed by atoms with Crippen molar-refractivity contribution in [2.45, 2.75) is 6.42 Å². The zero-order valence-corrected chi connectivity index (χ0v) is 7.60. The Kier molecular flexibility index (Phi) is 4.34. The zero-order valence-electron chi connectivity index (χ0n) is 6.01. The van der Waals surface area contributed by atoms with E-state index in [2.05, 4.69) is 15.9 Å². The summed E-state index contributed by atoms with van der Waals surface area (Å²) in [4.78, 5) is 0. The average Bonchev–Trinajstić information content (AvgIpc) is 2.41. The van der Waals surface area contributed by atoms with E-state index in [0.29, 0.717) is 5.92 Å². The smallest absolute Gasteiger partial charge is 0.0563 e. The first-order valence-electron chi connectivity index (χ1n) is 3.65. The van der Waals surface area contributed by atoms with E-state index in [-0.39, 0.29) is 0 Å². The van der Waals surface area contributed by atoms with Crippen LogP contribution in [0.25, 0.3) is 0 Å². The normalized spacial score (nSPS) is 25.5. The predicted octanol–water partition coefficient (Wildman–Crippen LogP) is 1.43. The molecule has 0 bridgehead atoms. The maximum Gasteiger partial charge on any atom is 0.0563 e. The Morgan fingerprint density at radius 2 is 2.50 bits per heavy atom. The lowest BCUT2D eigenvalue weighted by Crippen LogP contribution is -2.10. The highest BCUT2D eigenvalue weighted by atomic mass is 79.9. The van der Waals surface area contributed by atoms with Crippen molar-refractivity contribution in [2.75, 3.05) is 31.8 Å². The SMILES string of the molecule is BrCCOC[C@H]1CCOC1. The fourth-order valence-electron chi connectivity index (χ4n) is 1.02. The summed E-state index contributed by atoms with van der Waals surface area (Å²) in [7, 11) is 0. The molecule has 0 radical (unpaired) electrons. The van der Waals surface area contributed by atoms with Crippen molar-refractivity contribution in [1.82, 2.24) is 0 Å². The van der Waals surface area contributed by atoms with Crippen LogP contribution in [0.15, 0.2) is 0 Å². The summed E-state index contributed by atoms with van der Waals surface area (Å²) in [5, 5.41) is 0.931. The topological polar surface area (TPSA) is 18.5 Å². The van der Waals surface area contributed by atoms with Crippen LogP contribution in [0.2, 0.25) is 0 Å². The van der Waals surface area contributed by atoms with E-state index in [1.54, 1.807) is 0 Å². The monoisotopic (exact) mass is 208 g/mol. The van der Waals surface area contributed by atoms with Gasteiger partial charge < -0.3 is 9.47 Å². The molecule has 60 valence electrons. The van der Waals surface area contributed by atoms with Crippen molar-refractivity contribution in [3.05, 3.63) is 0 Å². The van der Waals surface area contributed by atoms with Crippen molar-refractivity contribution in [3.63, 3.8) is 0 Å². The Bertz CT molecular complexity index is 81.7. The molecule has 1 atom stereocenters. The Labute approximate surface area is 70.0 Å². The lowest BCUT2D eigenvalue weighted by atomic mass is 10.1. The van der Waals surface area contributed by atoms with E-state index in [1.165, 1.54) is 6.42 Å². The maximum absolute atomic E-state index is 5.34. The van der Waals surface area contributed by atoms with Crippen LogP contribution < -0.4 is 0 Å². The van der Waals surface area contributed by atoms with E-state index in [4.69, 9.17) is 9.47 Å². The molecule has 0 aliphatic carbocycles. The highest BCUT2D eigenvalue weighted by molar-refractivity contribution is 9.09. The summed E-state index contributed by atoms with van der Waals surface area (Å²) in [6.45, 7) is 3.49. The third-order valence-electron chi connectivity index (χ3n) is 1.60. The van der Waals surface area contributed by atoms with Crippen LogP contribution in [-0.4, -0.2) is 31.8 Å². The van der Waals surface area contributed by atoms with E-state index < -0.39 is 0 Å². The third-order valence-corrected chi connectivity index (χ3v) is 1.92. The van der Waals surface area contributed by atoms with Gasteiger partial charge in [0.25, 0.3) is 0 Å². The van der Waals surface area contributed by atoms with Crippen LogP contribution in [0, 0.1) is 5.92 Å². The fourth-order valence-corrected chi connectivity index (χ4v) is 1.25. The number of rotatable bonds is 4. The Morgan fingerprint density at radius 1 is 1.60 bits per heavy atom. The Hall–Kier alpha value is 0.400. The second-order valence-corrected chi connectivity index (χ2v) is 3.29. The summed E-state index contributed by atoms with van der Waals surface area (Å²) in [6.07, 6.45) is 1.17. The van der Waals surface area contributed by atoms with Gasteiger partial charge in [0.05, 0.1) is 19.8 Å². The predicted molar refractivity (Wildman–Crippen MR) is 43.5 cm³/mol. The molecule has 0 aromatic heterocycles. The highest BCUT2D eigenvalue weighted by Gasteiger charge is 2.14. The molecule has 0 N–H and O–H groups in total. The summed E-state index contributed by atoms with van der Waals surface area (Å²) in [6, 6.07) is 0. The standard InChI is InChI=1S/C7H13BrO2/c8-2-4-10-6-7-1-3-9-5-7/h7H,1-6H2/t7-/m0/s1. The molecule has 0 unspecified atom stereocenters. The quantitative estimate of drug-likeness (QED) is 0.515. The third kappa shape index (κ3) is 2.99. The molecule has 1 heterocycles. The molecule has 1 fully saturated rings. The van der Waals surface area contributed by atoms with Gasteiger partial charge in [-0.3, -0.25) is 0 Å². The molecule has 0 spiro atoms. The van der Waals surface area contributed by atoms with Gasteiger partial charge in [-0.25, -0.2) is 0 Å². The van der Waals surface area contributed by atoms with Crippen molar-refractivity contribution < 1.29 is 9.47 Å². The first kappa shape index (κ1) is 8.50. The van der Waals surface area contributed by atoms with Crippen LogP contribution >= 0.6 is 15.9 Å². The molecule has 0 amide bonds. The first-order valence-corrected chi connectivity index (χ1v) is 4.77. The van der Waals surface area contributed by atoms with Crippen molar-refractivity contribution >= 4 is 15.9 Å². The fraction of sp³-hybridized carbons (Fsp3) is 1.00. The van der Waals surface area contributed by atoms with Gasteiger partial charge in [0, 0.05) is 17.9 Å². The lowest BCUT2D eigenvalue weighted by molar-refractivity contribution is 0.101. The Morgan fingerprint density at radius 3 is 3.10 bits per heavy atom. The lowest BCUT2D eigenvalue weighted by Gasteiger charge is -2.06. The van der Waals surface area contributed by atoms with E-state index in [1.807, 2.05) is 0 Å². The van der Waals surface area contributed by atoms with Crippen molar-refractivity contribution in [1.29, 1.82) is 0 Å². The van der Waals surface area contributed by atoms with E-state index >= 15 is 0 Å². The molecule has 1 saturated heterocycles. The van der Waals surface area contributed by atoms with Crippen LogP contribution in [0.4, 0.5) is 0 Å². The zero-order chi connectivity index (χ0) is 7.23. The molecular formula is C7H13BrO2. The number of halogens is 1. The summed E-state index contributed by atoms with van der Waals surface area (Å²) in [5.74, 6) is 0.652. The van der Waals surface area contributed by atoms with E-state index in [0.717, 1.165) is 31.8 Å². The van der Waals surface area contributed by atoms with Gasteiger partial charge >= 0.3 is 0 Å². The highest BCUT2D eigenvalue weighted by Crippen LogP contribution is 2.11. The first-order chi connectivity index (χ1) is 4.93. The molecule has 3 heteroatoms. The number of hydrogen-bond acceptors (Lipinski definition) is 2. The Balaban J connectivity index is 1.91. The van der Waals surface area contributed by atoms with Crippen molar-refractivity contribution in [2.24, 2.45) is 5.92 Å². The number of hydrogen-bond donors (Lipinski definition) is 0. The van der Waals surface area contributed by atoms with Crippen LogP contribution in [0.3, 0.4) is 0 Å². The molecule has 0 aromatic carbocycles. The summed E-state index contributed by atoms with van der Waals surface area (Å²) in [5.41, 5.74) is 0. The van der Waals surface area contributed by atoms with Gasteiger partial charge in [-0.05, 0) is 6.42 Å². The molecule has 0 saturated carbocycles. The maximum atomic E-state index is 5.34. The largest absolute Gasteiger partial charge is 0.381 e. The molecular weight excluding hydrogens is 196 g/mol. The molecule has 1 aliphatic rings. The van der Waals surface area contributed by atoms with Gasteiger partial charge in [-0.1, -0.05) is 15.9 Å². The van der Waals surface area contributed by atoms with Crippen LogP contribution in [0.5, 0.6) is 0 Å².